The molecule has 3 amide bonds. The van der Waals surface area contributed by atoms with Gasteiger partial charge in [0.15, 0.2) is 0 Å². The van der Waals surface area contributed by atoms with Crippen molar-refractivity contribution < 1.29 is 14.0 Å². The van der Waals surface area contributed by atoms with Crippen LogP contribution in [0.4, 0.5) is 14.9 Å². The molecule has 1 unspecified atom stereocenters. The molecular formula is C20H22FN3O2S2. The average molecular weight is 420 g/mol. The number of benzene rings is 1. The molecule has 1 aromatic heterocycles. The van der Waals surface area contributed by atoms with Gasteiger partial charge >= 0.3 is 6.03 Å². The molecule has 28 heavy (non-hydrogen) atoms. The Morgan fingerprint density at radius 3 is 2.75 bits per heavy atom. The number of thiophene rings is 1. The van der Waals surface area contributed by atoms with Gasteiger partial charge in [0.1, 0.15) is 12.4 Å². The van der Waals surface area contributed by atoms with Gasteiger partial charge in [0.25, 0.3) is 0 Å². The third-order valence-electron chi connectivity index (χ3n) is 5.12. The molecule has 0 aliphatic carbocycles. The van der Waals surface area contributed by atoms with E-state index in [0.717, 1.165) is 12.2 Å². The highest BCUT2D eigenvalue weighted by molar-refractivity contribution is 7.99. The van der Waals surface area contributed by atoms with Gasteiger partial charge in [-0.1, -0.05) is 18.2 Å². The molecule has 2 aliphatic rings. The highest BCUT2D eigenvalue weighted by Crippen LogP contribution is 2.36. The van der Waals surface area contributed by atoms with E-state index in [1.54, 1.807) is 29.5 Å². The van der Waals surface area contributed by atoms with Crippen molar-refractivity contribution in [2.75, 3.05) is 43.4 Å². The average Bonchev–Trinajstić information content (AvgIpc) is 3.27. The maximum atomic E-state index is 14.0. The van der Waals surface area contributed by atoms with Crippen LogP contribution >= 0.6 is 23.1 Å². The third-order valence-corrected chi connectivity index (χ3v) is 7.56. The van der Waals surface area contributed by atoms with E-state index in [0.29, 0.717) is 31.4 Å². The van der Waals surface area contributed by atoms with E-state index in [4.69, 9.17) is 0 Å². The van der Waals surface area contributed by atoms with Crippen LogP contribution in [0.2, 0.25) is 0 Å². The van der Waals surface area contributed by atoms with Crippen LogP contribution in [-0.4, -0.2) is 60.2 Å². The van der Waals surface area contributed by atoms with Crippen molar-refractivity contribution in [2.24, 2.45) is 0 Å². The Morgan fingerprint density at radius 1 is 1.11 bits per heavy atom. The Balaban J connectivity index is 1.35. The van der Waals surface area contributed by atoms with Crippen LogP contribution in [0, 0.1) is 5.82 Å². The second kappa shape index (κ2) is 8.53. The fraction of sp³-hybridized carbons (Fsp3) is 0.400. The summed E-state index contributed by atoms with van der Waals surface area (Å²) in [6, 6.07) is 10.2. The van der Waals surface area contributed by atoms with Gasteiger partial charge in [0, 0.05) is 42.1 Å². The summed E-state index contributed by atoms with van der Waals surface area (Å²) in [5, 5.41) is 2.52. The minimum absolute atomic E-state index is 0.0313. The van der Waals surface area contributed by atoms with E-state index < -0.39 is 5.82 Å². The number of para-hydroxylation sites is 1. The Labute approximate surface area is 172 Å². The Morgan fingerprint density at radius 2 is 1.96 bits per heavy atom. The number of hydrogen-bond acceptors (Lipinski definition) is 4. The van der Waals surface area contributed by atoms with Crippen molar-refractivity contribution in [1.29, 1.82) is 0 Å². The number of thioether (sulfide) groups is 1. The van der Waals surface area contributed by atoms with E-state index in [9.17, 15) is 14.0 Å². The molecule has 0 saturated carbocycles. The third kappa shape index (κ3) is 4.03. The molecule has 0 radical (unpaired) electrons. The Bertz CT molecular complexity index is 846. The SMILES string of the molecule is O=C(CN1CCN(c2ccccc2F)C1=O)N1CCSC(c2cccs2)CC1. The molecule has 1 aromatic carbocycles. The number of anilines is 1. The topological polar surface area (TPSA) is 43.9 Å². The van der Waals surface area contributed by atoms with Gasteiger partial charge in [-0.25, -0.2) is 9.18 Å². The summed E-state index contributed by atoms with van der Waals surface area (Å²) in [4.78, 5) is 31.6. The Hall–Kier alpha value is -2.06. The minimum Gasteiger partial charge on any atom is -0.340 e. The van der Waals surface area contributed by atoms with Crippen LogP contribution in [0.15, 0.2) is 41.8 Å². The van der Waals surface area contributed by atoms with Gasteiger partial charge in [-0.2, -0.15) is 11.8 Å². The number of hydrogen-bond donors (Lipinski definition) is 0. The molecule has 0 N–H and O–H groups in total. The zero-order chi connectivity index (χ0) is 19.5. The number of amides is 3. The lowest BCUT2D eigenvalue weighted by molar-refractivity contribution is -0.131. The lowest BCUT2D eigenvalue weighted by Gasteiger charge is -2.24. The summed E-state index contributed by atoms with van der Waals surface area (Å²) >= 11 is 3.65. The predicted molar refractivity (Wildman–Crippen MR) is 111 cm³/mol. The molecular weight excluding hydrogens is 397 g/mol. The number of carbonyl (C=O) groups is 2. The molecule has 5 nitrogen and oxygen atoms in total. The van der Waals surface area contributed by atoms with E-state index in [2.05, 4.69) is 17.5 Å². The summed E-state index contributed by atoms with van der Waals surface area (Å²) < 4.78 is 14.0. The zero-order valence-electron chi connectivity index (χ0n) is 15.4. The van der Waals surface area contributed by atoms with Gasteiger partial charge in [-0.15, -0.1) is 11.3 Å². The molecule has 148 valence electrons. The summed E-state index contributed by atoms with van der Waals surface area (Å²) in [5.41, 5.74) is 0.271. The molecule has 2 saturated heterocycles. The smallest absolute Gasteiger partial charge is 0.325 e. The van der Waals surface area contributed by atoms with Gasteiger partial charge in [0.2, 0.25) is 5.91 Å². The Kier molecular flexibility index (Phi) is 5.87. The molecule has 2 aliphatic heterocycles. The van der Waals surface area contributed by atoms with Gasteiger partial charge in [0.05, 0.1) is 5.69 Å². The van der Waals surface area contributed by atoms with E-state index in [1.807, 2.05) is 16.7 Å². The maximum Gasteiger partial charge on any atom is 0.325 e. The quantitative estimate of drug-likeness (QED) is 0.756. The van der Waals surface area contributed by atoms with Crippen molar-refractivity contribution in [3.8, 4) is 0 Å². The lowest BCUT2D eigenvalue weighted by Crippen LogP contribution is -2.43. The maximum absolute atomic E-state index is 14.0. The van der Waals surface area contributed by atoms with Crippen LogP contribution in [0.5, 0.6) is 0 Å². The summed E-state index contributed by atoms with van der Waals surface area (Å²) in [5.74, 6) is 0.438. The largest absolute Gasteiger partial charge is 0.340 e. The first-order valence-electron chi connectivity index (χ1n) is 9.37. The summed E-state index contributed by atoms with van der Waals surface area (Å²) in [7, 11) is 0. The number of halogens is 1. The molecule has 2 aromatic rings. The molecule has 0 spiro atoms. The van der Waals surface area contributed by atoms with Crippen LogP contribution in [0.1, 0.15) is 16.5 Å². The van der Waals surface area contributed by atoms with Crippen LogP contribution in [0.3, 0.4) is 0 Å². The fourth-order valence-electron chi connectivity index (χ4n) is 3.61. The van der Waals surface area contributed by atoms with Crippen molar-refractivity contribution in [2.45, 2.75) is 11.7 Å². The second-order valence-electron chi connectivity index (χ2n) is 6.85. The van der Waals surface area contributed by atoms with Crippen molar-refractivity contribution in [3.05, 3.63) is 52.5 Å². The highest BCUT2D eigenvalue weighted by atomic mass is 32.2. The number of nitrogens with zero attached hydrogens (tertiary/aromatic N) is 3. The molecule has 0 bridgehead atoms. The standard InChI is InChI=1S/C20H22FN3O2S2/c21-15-4-1-2-5-16(15)24-10-9-23(20(24)26)14-19(25)22-8-7-18(28-13-11-22)17-6-3-12-27-17/h1-6,12,18H,7-11,13-14H2. The molecule has 3 heterocycles. The van der Waals surface area contributed by atoms with E-state index in [1.165, 1.54) is 20.7 Å². The second-order valence-corrected chi connectivity index (χ2v) is 9.14. The molecule has 1 atom stereocenters. The monoisotopic (exact) mass is 419 g/mol. The van der Waals surface area contributed by atoms with Gasteiger partial charge < -0.3 is 9.80 Å². The number of urea groups is 1. The first kappa shape index (κ1) is 19.3. The first-order chi connectivity index (χ1) is 13.6. The molecule has 8 heteroatoms. The fourth-order valence-corrected chi connectivity index (χ4v) is 5.85. The number of carbonyl (C=O) groups excluding carboxylic acids is 2. The van der Waals surface area contributed by atoms with E-state index >= 15 is 0 Å². The summed E-state index contributed by atoms with van der Waals surface area (Å²) in [6.45, 7) is 2.28. The van der Waals surface area contributed by atoms with E-state index in [-0.39, 0.29) is 24.2 Å². The summed E-state index contributed by atoms with van der Waals surface area (Å²) in [6.07, 6.45) is 0.923. The predicted octanol–water partition coefficient (Wildman–Crippen LogP) is 3.84. The van der Waals surface area contributed by atoms with Crippen molar-refractivity contribution in [1.82, 2.24) is 9.80 Å². The molecule has 2 fully saturated rings. The van der Waals surface area contributed by atoms with Crippen molar-refractivity contribution >= 4 is 40.7 Å². The normalized spacial score (nSPS) is 20.5. The molecule has 4 rings (SSSR count). The van der Waals surface area contributed by atoms with Gasteiger partial charge in [-0.3, -0.25) is 9.69 Å². The van der Waals surface area contributed by atoms with Crippen LogP contribution < -0.4 is 4.90 Å². The van der Waals surface area contributed by atoms with Gasteiger partial charge in [-0.05, 0) is 30.0 Å². The lowest BCUT2D eigenvalue weighted by atomic mass is 10.2. The first-order valence-corrected chi connectivity index (χ1v) is 11.3. The van der Waals surface area contributed by atoms with Crippen molar-refractivity contribution in [3.63, 3.8) is 0 Å². The zero-order valence-corrected chi connectivity index (χ0v) is 17.1. The highest BCUT2D eigenvalue weighted by Gasteiger charge is 2.33. The van der Waals surface area contributed by atoms with Crippen LogP contribution in [-0.2, 0) is 4.79 Å². The minimum atomic E-state index is -0.423. The van der Waals surface area contributed by atoms with Crippen LogP contribution in [0.25, 0.3) is 0 Å². The number of rotatable bonds is 4.